The van der Waals surface area contributed by atoms with Gasteiger partial charge in [0.1, 0.15) is 4.83 Å². The zero-order chi connectivity index (χ0) is 13.8. The zero-order valence-corrected chi connectivity index (χ0v) is 11.9. The molecule has 0 saturated carbocycles. The van der Waals surface area contributed by atoms with E-state index in [2.05, 4.69) is 15.9 Å². The number of ketones is 1. The normalized spacial score (nSPS) is 11.9. The summed E-state index contributed by atoms with van der Waals surface area (Å²) in [5.74, 6) is -0.601. The topological polar surface area (TPSA) is 26.3 Å². The predicted molar refractivity (Wildman–Crippen MR) is 75.4 cm³/mol. The Morgan fingerprint density at radius 3 is 2.47 bits per heavy atom. The molecule has 0 heterocycles. The minimum absolute atomic E-state index is 0.127. The minimum atomic E-state index is -0.541. The van der Waals surface area contributed by atoms with Crippen LogP contribution in [0.25, 0.3) is 0 Å². The Morgan fingerprint density at radius 1 is 1.21 bits per heavy atom. The monoisotopic (exact) mass is 322 g/mol. The Morgan fingerprint density at radius 2 is 1.89 bits per heavy atom. The maximum absolute atomic E-state index is 13.6. The van der Waals surface area contributed by atoms with Crippen molar-refractivity contribution >= 4 is 21.7 Å². The fraction of sp³-hybridized carbons (Fsp3) is 0.133. The molecular formula is C15H12BrFO2. The molecule has 19 heavy (non-hydrogen) atoms. The highest BCUT2D eigenvalue weighted by Crippen LogP contribution is 2.28. The summed E-state index contributed by atoms with van der Waals surface area (Å²) in [6.07, 6.45) is 0. The van der Waals surface area contributed by atoms with Gasteiger partial charge in [-0.1, -0.05) is 46.3 Å². The molecule has 0 aromatic heterocycles. The molecule has 2 nitrogen and oxygen atoms in total. The molecule has 0 bridgehead atoms. The number of carbonyl (C=O) groups excluding carboxylic acids is 1. The van der Waals surface area contributed by atoms with E-state index >= 15 is 0 Å². The second kappa shape index (κ2) is 5.97. The van der Waals surface area contributed by atoms with E-state index in [0.29, 0.717) is 5.56 Å². The van der Waals surface area contributed by atoms with Crippen molar-refractivity contribution in [1.29, 1.82) is 0 Å². The maximum atomic E-state index is 13.6. The zero-order valence-electron chi connectivity index (χ0n) is 10.3. The van der Waals surface area contributed by atoms with Crippen LogP contribution >= 0.6 is 15.9 Å². The van der Waals surface area contributed by atoms with Gasteiger partial charge < -0.3 is 4.74 Å². The summed E-state index contributed by atoms with van der Waals surface area (Å²) in [6, 6.07) is 13.5. The summed E-state index contributed by atoms with van der Waals surface area (Å²) in [6.45, 7) is 0. The van der Waals surface area contributed by atoms with E-state index in [-0.39, 0.29) is 11.5 Å². The van der Waals surface area contributed by atoms with Crippen LogP contribution in [0.5, 0.6) is 5.75 Å². The highest BCUT2D eigenvalue weighted by atomic mass is 79.9. The number of alkyl halides is 1. The molecule has 1 unspecified atom stereocenters. The summed E-state index contributed by atoms with van der Waals surface area (Å²) in [7, 11) is 1.39. The number of hydrogen-bond donors (Lipinski definition) is 0. The third kappa shape index (κ3) is 3.01. The van der Waals surface area contributed by atoms with Gasteiger partial charge in [-0.25, -0.2) is 4.39 Å². The fourth-order valence-electron chi connectivity index (χ4n) is 1.74. The molecule has 0 N–H and O–H groups in total. The molecule has 4 heteroatoms. The molecule has 0 spiro atoms. The molecule has 0 aliphatic carbocycles. The van der Waals surface area contributed by atoms with Crippen LogP contribution in [0.3, 0.4) is 0 Å². The van der Waals surface area contributed by atoms with E-state index < -0.39 is 10.6 Å². The van der Waals surface area contributed by atoms with E-state index in [0.717, 1.165) is 5.56 Å². The number of benzene rings is 2. The average molecular weight is 323 g/mol. The molecule has 0 radical (unpaired) electrons. The van der Waals surface area contributed by atoms with Crippen LogP contribution in [0.2, 0.25) is 0 Å². The van der Waals surface area contributed by atoms with Crippen molar-refractivity contribution in [1.82, 2.24) is 0 Å². The number of hydrogen-bond acceptors (Lipinski definition) is 2. The molecule has 0 aliphatic rings. The highest BCUT2D eigenvalue weighted by molar-refractivity contribution is 9.09. The smallest absolute Gasteiger partial charge is 0.180 e. The van der Waals surface area contributed by atoms with Crippen molar-refractivity contribution in [3.63, 3.8) is 0 Å². The SMILES string of the molecule is COc1ccc(C(=O)C(Br)c2ccccc2)cc1F. The average Bonchev–Trinajstić information content (AvgIpc) is 2.46. The number of carbonyl (C=O) groups is 1. The van der Waals surface area contributed by atoms with Crippen LogP contribution in [0, 0.1) is 5.82 Å². The summed E-state index contributed by atoms with van der Waals surface area (Å²) >= 11 is 3.35. The van der Waals surface area contributed by atoms with Crippen molar-refractivity contribution in [3.05, 3.63) is 65.5 Å². The summed E-state index contributed by atoms with van der Waals surface area (Å²) in [5.41, 5.74) is 1.15. The Labute approximate surface area is 119 Å². The molecule has 98 valence electrons. The lowest BCUT2D eigenvalue weighted by Gasteiger charge is -2.10. The molecule has 2 rings (SSSR count). The summed E-state index contributed by atoms with van der Waals surface area (Å²) in [4.78, 5) is 11.8. The van der Waals surface area contributed by atoms with E-state index in [4.69, 9.17) is 4.74 Å². The summed E-state index contributed by atoms with van der Waals surface area (Å²) < 4.78 is 18.4. The molecule has 0 saturated heterocycles. The first-order chi connectivity index (χ1) is 9.13. The van der Waals surface area contributed by atoms with Gasteiger partial charge in [0, 0.05) is 5.56 Å². The second-order valence-corrected chi connectivity index (χ2v) is 4.90. The Balaban J connectivity index is 2.27. The lowest BCUT2D eigenvalue weighted by atomic mass is 10.0. The van der Waals surface area contributed by atoms with Crippen molar-refractivity contribution in [2.24, 2.45) is 0 Å². The first kappa shape index (κ1) is 13.7. The number of rotatable bonds is 4. The molecule has 0 aliphatic heterocycles. The fourth-order valence-corrected chi connectivity index (χ4v) is 2.31. The van der Waals surface area contributed by atoms with Gasteiger partial charge in [0.05, 0.1) is 7.11 Å². The highest BCUT2D eigenvalue weighted by Gasteiger charge is 2.19. The van der Waals surface area contributed by atoms with Crippen LogP contribution in [0.4, 0.5) is 4.39 Å². The van der Waals surface area contributed by atoms with Gasteiger partial charge in [-0.05, 0) is 23.8 Å². The predicted octanol–water partition coefficient (Wildman–Crippen LogP) is 4.15. The van der Waals surface area contributed by atoms with Gasteiger partial charge in [0.2, 0.25) is 0 Å². The molecule has 1 atom stereocenters. The van der Waals surface area contributed by atoms with Crippen LogP contribution in [-0.2, 0) is 0 Å². The van der Waals surface area contributed by atoms with E-state index in [9.17, 15) is 9.18 Å². The lowest BCUT2D eigenvalue weighted by molar-refractivity contribution is 0.0991. The first-order valence-electron chi connectivity index (χ1n) is 5.70. The van der Waals surface area contributed by atoms with Crippen molar-refractivity contribution < 1.29 is 13.9 Å². The minimum Gasteiger partial charge on any atom is -0.494 e. The van der Waals surface area contributed by atoms with Crippen LogP contribution in [0.15, 0.2) is 48.5 Å². The Bertz CT molecular complexity index is 584. The van der Waals surface area contributed by atoms with Gasteiger partial charge in [-0.3, -0.25) is 4.79 Å². The van der Waals surface area contributed by atoms with Crippen LogP contribution in [0.1, 0.15) is 20.7 Å². The first-order valence-corrected chi connectivity index (χ1v) is 6.62. The van der Waals surface area contributed by atoms with Crippen molar-refractivity contribution in [2.45, 2.75) is 4.83 Å². The lowest BCUT2D eigenvalue weighted by Crippen LogP contribution is -2.07. The third-order valence-electron chi connectivity index (χ3n) is 2.76. The van der Waals surface area contributed by atoms with Crippen molar-refractivity contribution in [3.8, 4) is 5.75 Å². The van der Waals surface area contributed by atoms with E-state index in [1.54, 1.807) is 6.07 Å². The van der Waals surface area contributed by atoms with E-state index in [1.165, 1.54) is 19.2 Å². The van der Waals surface area contributed by atoms with Gasteiger partial charge in [0.25, 0.3) is 0 Å². The van der Waals surface area contributed by atoms with Gasteiger partial charge in [-0.15, -0.1) is 0 Å². The summed E-state index contributed by atoms with van der Waals surface area (Å²) in [5, 5.41) is 0. The number of ether oxygens (including phenoxy) is 1. The van der Waals surface area contributed by atoms with Gasteiger partial charge >= 0.3 is 0 Å². The van der Waals surface area contributed by atoms with E-state index in [1.807, 2.05) is 30.3 Å². The second-order valence-electron chi connectivity index (χ2n) is 3.99. The Kier molecular flexibility index (Phi) is 4.32. The standard InChI is InChI=1S/C15H12BrFO2/c1-19-13-8-7-11(9-12(13)17)15(18)14(16)10-5-3-2-4-6-10/h2-9,14H,1H3. The number of methoxy groups -OCH3 is 1. The third-order valence-corrected chi connectivity index (χ3v) is 3.70. The Hall–Kier alpha value is -1.68. The molecular weight excluding hydrogens is 311 g/mol. The number of halogens is 2. The number of Topliss-reactive ketones (excluding diaryl/α,β-unsaturated/α-hetero) is 1. The van der Waals surface area contributed by atoms with Gasteiger partial charge in [-0.2, -0.15) is 0 Å². The maximum Gasteiger partial charge on any atom is 0.180 e. The van der Waals surface area contributed by atoms with Crippen molar-refractivity contribution in [2.75, 3.05) is 7.11 Å². The molecule has 0 amide bonds. The van der Waals surface area contributed by atoms with Crippen LogP contribution < -0.4 is 4.74 Å². The quantitative estimate of drug-likeness (QED) is 0.624. The molecule has 2 aromatic rings. The molecule has 2 aromatic carbocycles. The van der Waals surface area contributed by atoms with Gasteiger partial charge in [0.15, 0.2) is 17.3 Å². The largest absolute Gasteiger partial charge is 0.494 e. The van der Waals surface area contributed by atoms with Crippen LogP contribution in [-0.4, -0.2) is 12.9 Å². The molecule has 0 fully saturated rings.